The van der Waals surface area contributed by atoms with Crippen LogP contribution in [0.1, 0.15) is 17.5 Å². The van der Waals surface area contributed by atoms with Gasteiger partial charge in [0.1, 0.15) is 5.75 Å². The van der Waals surface area contributed by atoms with Gasteiger partial charge in [0.15, 0.2) is 0 Å². The van der Waals surface area contributed by atoms with E-state index in [4.69, 9.17) is 4.74 Å². The molecule has 0 saturated heterocycles. The van der Waals surface area contributed by atoms with Crippen LogP contribution in [0.25, 0.3) is 10.2 Å². The molecule has 0 bridgehead atoms. The summed E-state index contributed by atoms with van der Waals surface area (Å²) in [4.78, 5) is 8.98. The van der Waals surface area contributed by atoms with Crippen molar-refractivity contribution in [2.24, 2.45) is 4.99 Å². The third-order valence-corrected chi connectivity index (χ3v) is 3.97. The molecule has 2 aromatic carbocycles. The van der Waals surface area contributed by atoms with Crippen molar-refractivity contribution in [2.75, 3.05) is 6.61 Å². The number of hydrogen-bond donors (Lipinski definition) is 0. The average molecular weight is 296 g/mol. The molecule has 1 heterocycles. The van der Waals surface area contributed by atoms with E-state index in [0.29, 0.717) is 6.61 Å². The lowest BCUT2D eigenvalue weighted by atomic mass is 10.2. The van der Waals surface area contributed by atoms with Gasteiger partial charge >= 0.3 is 0 Å². The predicted octanol–water partition coefficient (Wildman–Crippen LogP) is 4.75. The Morgan fingerprint density at radius 3 is 2.76 bits per heavy atom. The van der Waals surface area contributed by atoms with Crippen molar-refractivity contribution in [2.45, 2.75) is 13.8 Å². The first kappa shape index (κ1) is 13.8. The Morgan fingerprint density at radius 1 is 1.19 bits per heavy atom. The van der Waals surface area contributed by atoms with Gasteiger partial charge in [-0.2, -0.15) is 0 Å². The molecule has 3 aromatic rings. The smallest absolute Gasteiger partial charge is 0.119 e. The Morgan fingerprint density at radius 2 is 2.00 bits per heavy atom. The molecule has 0 aliphatic rings. The van der Waals surface area contributed by atoms with Crippen LogP contribution in [0, 0.1) is 6.92 Å². The minimum atomic E-state index is 0.682. The molecular weight excluding hydrogens is 280 g/mol. The highest BCUT2D eigenvalue weighted by molar-refractivity contribution is 7.18. The molecule has 0 aliphatic heterocycles. The third kappa shape index (κ3) is 3.28. The molecule has 0 amide bonds. The first-order valence-electron chi connectivity index (χ1n) is 6.89. The van der Waals surface area contributed by atoms with Gasteiger partial charge in [-0.15, -0.1) is 11.3 Å². The van der Waals surface area contributed by atoms with E-state index in [2.05, 4.69) is 16.0 Å². The summed E-state index contributed by atoms with van der Waals surface area (Å²) in [7, 11) is 0. The Hall–Kier alpha value is -2.20. The van der Waals surface area contributed by atoms with Crippen LogP contribution >= 0.6 is 11.3 Å². The van der Waals surface area contributed by atoms with E-state index >= 15 is 0 Å². The monoisotopic (exact) mass is 296 g/mol. The summed E-state index contributed by atoms with van der Waals surface area (Å²) in [5.41, 5.74) is 3.04. The topological polar surface area (TPSA) is 34.5 Å². The number of aryl methyl sites for hydroxylation is 1. The van der Waals surface area contributed by atoms with Crippen LogP contribution in [0.3, 0.4) is 0 Å². The fourth-order valence-electron chi connectivity index (χ4n) is 2.07. The fourth-order valence-corrected chi connectivity index (χ4v) is 2.93. The Labute approximate surface area is 127 Å². The zero-order chi connectivity index (χ0) is 14.7. The minimum Gasteiger partial charge on any atom is -0.494 e. The van der Waals surface area contributed by atoms with Gasteiger partial charge < -0.3 is 4.74 Å². The lowest BCUT2D eigenvalue weighted by Gasteiger charge is -2.02. The van der Waals surface area contributed by atoms with Gasteiger partial charge in [-0.25, -0.2) is 4.98 Å². The summed E-state index contributed by atoms with van der Waals surface area (Å²) in [5, 5.41) is 1.08. The normalized spacial score (nSPS) is 11.3. The quantitative estimate of drug-likeness (QED) is 0.651. The zero-order valence-electron chi connectivity index (χ0n) is 12.0. The van der Waals surface area contributed by atoms with Gasteiger partial charge in [-0.3, -0.25) is 4.99 Å². The molecule has 106 valence electrons. The molecule has 0 N–H and O–H groups in total. The standard InChI is InChI=1S/C17H16N2OS/c1-3-20-15-7-4-13(5-8-15)11-18-14-6-9-16-17(10-14)21-12(2)19-16/h4-11H,3H2,1-2H3. The van der Waals surface area contributed by atoms with Crippen LogP contribution in [0.4, 0.5) is 5.69 Å². The Balaban J connectivity index is 1.79. The molecule has 0 saturated carbocycles. The van der Waals surface area contributed by atoms with E-state index in [9.17, 15) is 0 Å². The highest BCUT2D eigenvalue weighted by Crippen LogP contribution is 2.26. The van der Waals surface area contributed by atoms with E-state index in [-0.39, 0.29) is 0 Å². The fraction of sp³-hybridized carbons (Fsp3) is 0.176. The Bertz CT molecular complexity index is 775. The second kappa shape index (κ2) is 6.06. The molecule has 21 heavy (non-hydrogen) atoms. The zero-order valence-corrected chi connectivity index (χ0v) is 12.9. The van der Waals surface area contributed by atoms with Gasteiger partial charge in [0.2, 0.25) is 0 Å². The van der Waals surface area contributed by atoms with Crippen molar-refractivity contribution in [3.05, 3.63) is 53.0 Å². The van der Waals surface area contributed by atoms with Crippen LogP contribution < -0.4 is 4.74 Å². The number of hydrogen-bond acceptors (Lipinski definition) is 4. The van der Waals surface area contributed by atoms with E-state index in [0.717, 1.165) is 27.5 Å². The molecule has 4 heteroatoms. The number of aromatic nitrogens is 1. The number of ether oxygens (including phenoxy) is 1. The number of fused-ring (bicyclic) bond motifs is 1. The maximum atomic E-state index is 5.42. The molecular formula is C17H16N2OS. The van der Waals surface area contributed by atoms with Gasteiger partial charge in [-0.05, 0) is 61.9 Å². The first-order valence-corrected chi connectivity index (χ1v) is 7.70. The van der Waals surface area contributed by atoms with Crippen molar-refractivity contribution < 1.29 is 4.74 Å². The molecule has 3 rings (SSSR count). The molecule has 0 radical (unpaired) electrons. The maximum absolute atomic E-state index is 5.42. The third-order valence-electron chi connectivity index (χ3n) is 3.03. The van der Waals surface area contributed by atoms with Crippen molar-refractivity contribution in [1.82, 2.24) is 4.98 Å². The SMILES string of the molecule is CCOc1ccc(C=Nc2ccc3nc(C)sc3c2)cc1. The first-order chi connectivity index (χ1) is 10.2. The van der Waals surface area contributed by atoms with Gasteiger partial charge in [0.05, 0.1) is 27.5 Å². The van der Waals surface area contributed by atoms with Crippen molar-refractivity contribution in [1.29, 1.82) is 0 Å². The average Bonchev–Trinajstić information content (AvgIpc) is 2.86. The number of rotatable bonds is 4. The number of nitrogens with zero attached hydrogens (tertiary/aromatic N) is 2. The summed E-state index contributed by atoms with van der Waals surface area (Å²) in [6.07, 6.45) is 1.87. The highest BCUT2D eigenvalue weighted by Gasteiger charge is 2.00. The highest BCUT2D eigenvalue weighted by atomic mass is 32.1. The number of thiazole rings is 1. The minimum absolute atomic E-state index is 0.682. The summed E-state index contributed by atoms with van der Waals surface area (Å²) in [5.74, 6) is 0.885. The molecule has 3 nitrogen and oxygen atoms in total. The molecule has 0 aliphatic carbocycles. The van der Waals surface area contributed by atoms with Crippen LogP contribution in [0.15, 0.2) is 47.5 Å². The molecule has 1 aromatic heterocycles. The lowest BCUT2D eigenvalue weighted by Crippen LogP contribution is -1.91. The van der Waals surface area contributed by atoms with Gasteiger partial charge in [-0.1, -0.05) is 0 Å². The van der Waals surface area contributed by atoms with Crippen LogP contribution in [0.2, 0.25) is 0 Å². The van der Waals surface area contributed by atoms with Crippen molar-refractivity contribution in [3.8, 4) is 5.75 Å². The second-order valence-corrected chi connectivity index (χ2v) is 5.88. The molecule has 0 spiro atoms. The van der Waals surface area contributed by atoms with Crippen LogP contribution in [0.5, 0.6) is 5.75 Å². The summed E-state index contributed by atoms with van der Waals surface area (Å²) < 4.78 is 6.60. The van der Waals surface area contributed by atoms with Crippen molar-refractivity contribution in [3.63, 3.8) is 0 Å². The second-order valence-electron chi connectivity index (χ2n) is 4.65. The summed E-state index contributed by atoms with van der Waals surface area (Å²) >= 11 is 1.69. The number of aliphatic imine (C=N–C) groups is 1. The summed E-state index contributed by atoms with van der Waals surface area (Å²) in [6.45, 7) is 4.68. The lowest BCUT2D eigenvalue weighted by molar-refractivity contribution is 0.340. The van der Waals surface area contributed by atoms with Gasteiger partial charge in [0.25, 0.3) is 0 Å². The van der Waals surface area contributed by atoms with E-state index < -0.39 is 0 Å². The summed E-state index contributed by atoms with van der Waals surface area (Å²) in [6, 6.07) is 14.0. The van der Waals surface area contributed by atoms with Crippen molar-refractivity contribution >= 4 is 33.5 Å². The maximum Gasteiger partial charge on any atom is 0.119 e. The molecule has 0 fully saturated rings. The molecule has 0 atom stereocenters. The predicted molar refractivity (Wildman–Crippen MR) is 89.2 cm³/mol. The van der Waals surface area contributed by atoms with E-state index in [1.807, 2.05) is 56.5 Å². The van der Waals surface area contributed by atoms with Crippen LogP contribution in [-0.4, -0.2) is 17.8 Å². The Kier molecular flexibility index (Phi) is 3.97. The van der Waals surface area contributed by atoms with E-state index in [1.54, 1.807) is 11.3 Å². The van der Waals surface area contributed by atoms with E-state index in [1.165, 1.54) is 4.70 Å². The molecule has 0 unspecified atom stereocenters. The number of benzene rings is 2. The largest absolute Gasteiger partial charge is 0.494 e. The van der Waals surface area contributed by atoms with Crippen LogP contribution in [-0.2, 0) is 0 Å². The van der Waals surface area contributed by atoms with Gasteiger partial charge in [0, 0.05) is 6.21 Å².